The Hall–Kier alpha value is -2.24. The summed E-state index contributed by atoms with van der Waals surface area (Å²) in [4.78, 5) is 7.38. The number of para-hydroxylation sites is 1. The van der Waals surface area contributed by atoms with Crippen molar-refractivity contribution in [1.82, 2.24) is 10.3 Å². The van der Waals surface area contributed by atoms with Crippen molar-refractivity contribution in [2.75, 3.05) is 30.5 Å². The van der Waals surface area contributed by atoms with Gasteiger partial charge in [0.2, 0.25) is 0 Å². The summed E-state index contributed by atoms with van der Waals surface area (Å²) < 4.78 is 6.20. The highest BCUT2D eigenvalue weighted by Crippen LogP contribution is 2.29. The Labute approximate surface area is 183 Å². The normalized spacial score (nSPS) is 21.4. The maximum Gasteiger partial charge on any atom is 0.129 e. The molecule has 2 fully saturated rings. The van der Waals surface area contributed by atoms with Crippen molar-refractivity contribution in [1.29, 1.82) is 0 Å². The van der Waals surface area contributed by atoms with Crippen LogP contribution in [0.3, 0.4) is 0 Å². The molecule has 2 aromatic carbocycles. The molecule has 156 valence electrons. The number of nitrogens with zero attached hydrogens (tertiary/aromatic N) is 2. The van der Waals surface area contributed by atoms with Crippen LogP contribution in [0.5, 0.6) is 5.75 Å². The molecule has 2 saturated heterocycles. The van der Waals surface area contributed by atoms with E-state index in [-0.39, 0.29) is 0 Å². The molecule has 3 heterocycles. The molecule has 1 N–H and O–H groups in total. The Bertz CT molecular complexity index is 1000. The van der Waals surface area contributed by atoms with Crippen molar-refractivity contribution >= 4 is 28.5 Å². The zero-order valence-electron chi connectivity index (χ0n) is 17.5. The lowest BCUT2D eigenvalue weighted by Gasteiger charge is -2.26. The first kappa shape index (κ1) is 19.7. The van der Waals surface area contributed by atoms with Gasteiger partial charge in [0.05, 0.1) is 11.6 Å². The van der Waals surface area contributed by atoms with Gasteiger partial charge in [-0.1, -0.05) is 30.3 Å². The number of anilines is 1. The maximum absolute atomic E-state index is 6.20. The summed E-state index contributed by atoms with van der Waals surface area (Å²) >= 11 is 2.01. The first-order valence-electron chi connectivity index (χ1n) is 10.9. The molecule has 3 aromatic rings. The SMILES string of the molecule is Cc1cc(N2CCC[C@H]2COc2ccc(CC3CNCS3)cc2)nc2ccccc12. The number of hydrogen-bond acceptors (Lipinski definition) is 5. The summed E-state index contributed by atoms with van der Waals surface area (Å²) in [6, 6.07) is 19.7. The van der Waals surface area contributed by atoms with Gasteiger partial charge in [0, 0.05) is 29.6 Å². The first-order chi connectivity index (χ1) is 14.8. The van der Waals surface area contributed by atoms with E-state index in [4.69, 9.17) is 9.72 Å². The van der Waals surface area contributed by atoms with E-state index in [1.165, 1.54) is 22.9 Å². The second kappa shape index (κ2) is 8.86. The predicted octanol–water partition coefficient (Wildman–Crippen LogP) is 4.80. The molecule has 2 aliphatic rings. The van der Waals surface area contributed by atoms with Gasteiger partial charge in [0.15, 0.2) is 0 Å². The summed E-state index contributed by atoms with van der Waals surface area (Å²) in [5, 5.41) is 5.35. The van der Waals surface area contributed by atoms with Crippen LogP contribution in [0.2, 0.25) is 0 Å². The third kappa shape index (κ3) is 4.28. The number of pyridine rings is 1. The van der Waals surface area contributed by atoms with Gasteiger partial charge in [0.25, 0.3) is 0 Å². The molecule has 0 aliphatic carbocycles. The molecule has 5 heteroatoms. The van der Waals surface area contributed by atoms with Crippen molar-refractivity contribution in [3.8, 4) is 5.75 Å². The van der Waals surface area contributed by atoms with Crippen LogP contribution >= 0.6 is 11.8 Å². The van der Waals surface area contributed by atoms with Gasteiger partial charge in [-0.3, -0.25) is 0 Å². The minimum atomic E-state index is 0.374. The third-order valence-corrected chi connectivity index (χ3v) is 7.38. The van der Waals surface area contributed by atoms with Crippen molar-refractivity contribution in [3.05, 3.63) is 65.7 Å². The topological polar surface area (TPSA) is 37.4 Å². The number of rotatable bonds is 6. The molecule has 0 bridgehead atoms. The standard InChI is InChI=1S/C25H29N3OS/c1-18-13-25(27-24-7-3-2-6-23(18)24)28-12-4-5-20(28)16-29-21-10-8-19(9-11-21)14-22-15-26-17-30-22/h2-3,6-11,13,20,22,26H,4-5,12,14-17H2,1H3/t20-,22?/m0/s1. The van der Waals surface area contributed by atoms with Gasteiger partial charge in [-0.2, -0.15) is 0 Å². The number of hydrogen-bond donors (Lipinski definition) is 1. The van der Waals surface area contributed by atoms with Crippen LogP contribution in [0.1, 0.15) is 24.0 Å². The van der Waals surface area contributed by atoms with Crippen molar-refractivity contribution in [2.24, 2.45) is 0 Å². The largest absolute Gasteiger partial charge is 0.491 e. The van der Waals surface area contributed by atoms with Crippen LogP contribution < -0.4 is 15.0 Å². The molecule has 5 rings (SSSR count). The minimum absolute atomic E-state index is 0.374. The van der Waals surface area contributed by atoms with E-state index >= 15 is 0 Å². The Morgan fingerprint density at radius 1 is 1.17 bits per heavy atom. The van der Waals surface area contributed by atoms with Crippen LogP contribution in [0, 0.1) is 6.92 Å². The van der Waals surface area contributed by atoms with Gasteiger partial charge in [-0.05, 0) is 61.6 Å². The number of fused-ring (bicyclic) bond motifs is 1. The zero-order valence-corrected chi connectivity index (χ0v) is 18.3. The number of ether oxygens (including phenoxy) is 1. The fourth-order valence-corrected chi connectivity index (χ4v) is 5.57. The number of aromatic nitrogens is 1. The maximum atomic E-state index is 6.20. The molecule has 30 heavy (non-hydrogen) atoms. The van der Waals surface area contributed by atoms with Gasteiger partial charge < -0.3 is 15.0 Å². The van der Waals surface area contributed by atoms with E-state index in [0.717, 1.165) is 48.9 Å². The van der Waals surface area contributed by atoms with Gasteiger partial charge in [0.1, 0.15) is 18.2 Å². The Morgan fingerprint density at radius 2 is 2.03 bits per heavy atom. The van der Waals surface area contributed by atoms with E-state index in [0.29, 0.717) is 17.9 Å². The van der Waals surface area contributed by atoms with Gasteiger partial charge >= 0.3 is 0 Å². The second-order valence-electron chi connectivity index (χ2n) is 8.35. The summed E-state index contributed by atoms with van der Waals surface area (Å²) in [5.41, 5.74) is 3.75. The summed E-state index contributed by atoms with van der Waals surface area (Å²) in [5.74, 6) is 3.12. The molecule has 1 aromatic heterocycles. The smallest absolute Gasteiger partial charge is 0.129 e. The van der Waals surface area contributed by atoms with E-state index in [1.54, 1.807) is 0 Å². The molecule has 2 aliphatic heterocycles. The lowest BCUT2D eigenvalue weighted by Crippen LogP contribution is -2.34. The first-order valence-corrected chi connectivity index (χ1v) is 12.0. The van der Waals surface area contributed by atoms with Gasteiger partial charge in [-0.25, -0.2) is 4.98 Å². The number of benzene rings is 2. The molecule has 0 spiro atoms. The molecule has 0 amide bonds. The van der Waals surface area contributed by atoms with E-state index in [9.17, 15) is 0 Å². The average Bonchev–Trinajstić information content (AvgIpc) is 3.45. The van der Waals surface area contributed by atoms with Crippen LogP contribution in [0.15, 0.2) is 54.6 Å². The van der Waals surface area contributed by atoms with E-state index in [2.05, 4.69) is 71.7 Å². The quantitative estimate of drug-likeness (QED) is 0.621. The zero-order chi connectivity index (χ0) is 20.3. The molecule has 0 radical (unpaired) electrons. The number of aryl methyl sites for hydroxylation is 1. The number of nitrogens with one attached hydrogen (secondary N) is 1. The number of thioether (sulfide) groups is 1. The van der Waals surface area contributed by atoms with E-state index < -0.39 is 0 Å². The summed E-state index contributed by atoms with van der Waals surface area (Å²) in [7, 11) is 0. The Kier molecular flexibility index (Phi) is 5.82. The highest BCUT2D eigenvalue weighted by Gasteiger charge is 2.27. The van der Waals surface area contributed by atoms with Crippen LogP contribution in [-0.4, -0.2) is 41.8 Å². The average molecular weight is 420 g/mol. The predicted molar refractivity (Wildman–Crippen MR) is 127 cm³/mol. The van der Waals surface area contributed by atoms with Crippen molar-refractivity contribution < 1.29 is 4.74 Å². The van der Waals surface area contributed by atoms with Gasteiger partial charge in [-0.15, -0.1) is 11.8 Å². The highest BCUT2D eigenvalue weighted by atomic mass is 32.2. The second-order valence-corrected chi connectivity index (χ2v) is 9.64. The summed E-state index contributed by atoms with van der Waals surface area (Å²) in [6.07, 6.45) is 3.46. The lowest BCUT2D eigenvalue weighted by atomic mass is 10.1. The van der Waals surface area contributed by atoms with Crippen LogP contribution in [0.25, 0.3) is 10.9 Å². The van der Waals surface area contributed by atoms with Crippen LogP contribution in [-0.2, 0) is 6.42 Å². The Balaban J connectivity index is 1.24. The fourth-order valence-electron chi connectivity index (χ4n) is 4.55. The monoisotopic (exact) mass is 419 g/mol. The highest BCUT2D eigenvalue weighted by molar-refractivity contribution is 8.00. The molecule has 2 atom stereocenters. The lowest BCUT2D eigenvalue weighted by molar-refractivity contribution is 0.288. The summed E-state index contributed by atoms with van der Waals surface area (Å²) in [6.45, 7) is 5.04. The van der Waals surface area contributed by atoms with Crippen molar-refractivity contribution in [3.63, 3.8) is 0 Å². The van der Waals surface area contributed by atoms with Crippen molar-refractivity contribution in [2.45, 2.75) is 37.5 Å². The molecule has 0 saturated carbocycles. The minimum Gasteiger partial charge on any atom is -0.491 e. The molecular weight excluding hydrogens is 390 g/mol. The Morgan fingerprint density at radius 3 is 2.87 bits per heavy atom. The molecular formula is C25H29N3OS. The third-order valence-electron chi connectivity index (χ3n) is 6.20. The molecule has 4 nitrogen and oxygen atoms in total. The van der Waals surface area contributed by atoms with E-state index in [1.807, 2.05) is 11.8 Å². The van der Waals surface area contributed by atoms with Crippen LogP contribution in [0.4, 0.5) is 5.82 Å². The molecule has 1 unspecified atom stereocenters. The fraction of sp³-hybridized carbons (Fsp3) is 0.400.